The van der Waals surface area contributed by atoms with Crippen LogP contribution in [0.4, 0.5) is 0 Å². The van der Waals surface area contributed by atoms with Gasteiger partial charge in [0.05, 0.1) is 6.20 Å². The van der Waals surface area contributed by atoms with Gasteiger partial charge in [-0.25, -0.2) is 9.50 Å². The highest BCUT2D eigenvalue weighted by molar-refractivity contribution is 7.98. The van der Waals surface area contributed by atoms with Crippen LogP contribution in [-0.4, -0.2) is 31.1 Å². The van der Waals surface area contributed by atoms with Crippen LogP contribution in [0, 0.1) is 0 Å². The number of fused-ring (bicyclic) bond motifs is 3. The third-order valence-corrected chi connectivity index (χ3v) is 4.06. The Balaban J connectivity index is 1.94. The highest BCUT2D eigenvalue weighted by atomic mass is 32.2. The minimum atomic E-state index is 0.812. The Morgan fingerprint density at radius 1 is 1.10 bits per heavy atom. The first kappa shape index (κ1) is 11.5. The molecule has 98 valence electrons. The maximum Gasteiger partial charge on any atom is 0.156 e. The van der Waals surface area contributed by atoms with Crippen molar-refractivity contribution >= 4 is 28.4 Å². The van der Waals surface area contributed by atoms with Crippen LogP contribution < -0.4 is 0 Å². The van der Waals surface area contributed by atoms with Gasteiger partial charge in [-0.2, -0.15) is 0 Å². The van der Waals surface area contributed by atoms with Crippen molar-refractivity contribution in [2.24, 2.45) is 0 Å². The highest BCUT2D eigenvalue weighted by Gasteiger charge is 2.11. The second kappa shape index (κ2) is 4.35. The maximum absolute atomic E-state index is 4.40. The predicted octanol–water partition coefficient (Wildman–Crippen LogP) is 2.99. The summed E-state index contributed by atoms with van der Waals surface area (Å²) in [5.74, 6) is 0. The molecule has 1 aromatic carbocycles. The average Bonchev–Trinajstić information content (AvgIpc) is 3.13. The van der Waals surface area contributed by atoms with Gasteiger partial charge in [0.2, 0.25) is 0 Å². The quantitative estimate of drug-likeness (QED) is 0.574. The number of aromatic nitrogens is 5. The second-order valence-corrected chi connectivity index (χ2v) is 5.31. The summed E-state index contributed by atoms with van der Waals surface area (Å²) in [4.78, 5) is 8.71. The van der Waals surface area contributed by atoms with E-state index in [1.165, 1.54) is 4.90 Å². The molecule has 0 aliphatic heterocycles. The number of thioether (sulfide) groups is 1. The Kier molecular flexibility index (Phi) is 2.50. The minimum absolute atomic E-state index is 0.812. The van der Waals surface area contributed by atoms with Gasteiger partial charge in [0.15, 0.2) is 5.65 Å². The zero-order valence-corrected chi connectivity index (χ0v) is 11.6. The average molecular weight is 281 g/mol. The smallest absolute Gasteiger partial charge is 0.156 e. The third-order valence-electron chi connectivity index (χ3n) is 3.32. The molecule has 0 fully saturated rings. The Morgan fingerprint density at radius 2 is 1.95 bits per heavy atom. The van der Waals surface area contributed by atoms with Crippen molar-refractivity contribution in [3.8, 4) is 11.3 Å². The molecule has 0 aliphatic carbocycles. The van der Waals surface area contributed by atoms with E-state index in [1.807, 2.05) is 16.8 Å². The number of H-pyrrole nitrogens is 1. The first-order chi connectivity index (χ1) is 9.86. The lowest BCUT2D eigenvalue weighted by atomic mass is 10.1. The standard InChI is InChI=1S/C14H11N5S/c1-20-10-4-2-9(3-5-10)13-12-8-16-14-11(6-7-15-14)19(12)18-17-13/h2-8,15H,1H3. The van der Waals surface area contributed by atoms with E-state index in [0.29, 0.717) is 0 Å². The number of nitrogens with one attached hydrogen (secondary N) is 1. The molecule has 0 amide bonds. The van der Waals surface area contributed by atoms with Crippen LogP contribution in [0.5, 0.6) is 0 Å². The van der Waals surface area contributed by atoms with Crippen LogP contribution >= 0.6 is 11.8 Å². The zero-order chi connectivity index (χ0) is 13.5. The Bertz CT molecular complexity index is 891. The molecular weight excluding hydrogens is 270 g/mol. The van der Waals surface area contributed by atoms with Crippen molar-refractivity contribution in [2.45, 2.75) is 4.90 Å². The SMILES string of the molecule is CSc1ccc(-c2nnn3c2cnc2[nH]ccc23)cc1. The first-order valence-electron chi connectivity index (χ1n) is 6.19. The van der Waals surface area contributed by atoms with Crippen molar-refractivity contribution in [1.29, 1.82) is 0 Å². The van der Waals surface area contributed by atoms with E-state index in [4.69, 9.17) is 0 Å². The lowest BCUT2D eigenvalue weighted by Crippen LogP contribution is -1.90. The number of hydrogen-bond acceptors (Lipinski definition) is 4. The van der Waals surface area contributed by atoms with Gasteiger partial charge in [-0.1, -0.05) is 17.3 Å². The molecule has 0 saturated heterocycles. The van der Waals surface area contributed by atoms with Crippen LogP contribution in [0.15, 0.2) is 47.6 Å². The largest absolute Gasteiger partial charge is 0.345 e. The summed E-state index contributed by atoms with van der Waals surface area (Å²) in [6.45, 7) is 0. The fourth-order valence-corrected chi connectivity index (χ4v) is 2.70. The number of rotatable bonds is 2. The molecule has 0 radical (unpaired) electrons. The Labute approximate surface area is 119 Å². The van der Waals surface area contributed by atoms with E-state index in [9.17, 15) is 0 Å². The van der Waals surface area contributed by atoms with Gasteiger partial charge in [0, 0.05) is 16.7 Å². The Hall–Kier alpha value is -2.34. The maximum atomic E-state index is 4.40. The summed E-state index contributed by atoms with van der Waals surface area (Å²) in [6.07, 6.45) is 5.72. The van der Waals surface area contributed by atoms with Gasteiger partial charge < -0.3 is 4.98 Å². The highest BCUT2D eigenvalue weighted by Crippen LogP contribution is 2.25. The predicted molar refractivity (Wildman–Crippen MR) is 79.9 cm³/mol. The number of nitrogens with zero attached hydrogens (tertiary/aromatic N) is 4. The number of benzene rings is 1. The topological polar surface area (TPSA) is 58.9 Å². The molecule has 0 aliphatic rings. The van der Waals surface area contributed by atoms with Crippen molar-refractivity contribution in [1.82, 2.24) is 24.8 Å². The van der Waals surface area contributed by atoms with E-state index in [0.717, 1.165) is 27.9 Å². The van der Waals surface area contributed by atoms with Crippen LogP contribution in [0.3, 0.4) is 0 Å². The minimum Gasteiger partial charge on any atom is -0.345 e. The Morgan fingerprint density at radius 3 is 2.75 bits per heavy atom. The van der Waals surface area contributed by atoms with E-state index in [1.54, 1.807) is 18.0 Å². The molecule has 0 saturated carbocycles. The summed E-state index contributed by atoms with van der Waals surface area (Å²) in [5, 5.41) is 8.54. The molecule has 0 spiro atoms. The summed E-state index contributed by atoms with van der Waals surface area (Å²) in [5.41, 5.74) is 4.56. The zero-order valence-electron chi connectivity index (χ0n) is 10.7. The summed E-state index contributed by atoms with van der Waals surface area (Å²) >= 11 is 1.72. The van der Waals surface area contributed by atoms with Crippen LogP contribution in [0.2, 0.25) is 0 Å². The van der Waals surface area contributed by atoms with E-state index < -0.39 is 0 Å². The lowest BCUT2D eigenvalue weighted by molar-refractivity contribution is 0.881. The van der Waals surface area contributed by atoms with Crippen molar-refractivity contribution in [2.75, 3.05) is 6.26 Å². The lowest BCUT2D eigenvalue weighted by Gasteiger charge is -2.00. The molecule has 0 atom stereocenters. The van der Waals surface area contributed by atoms with Crippen molar-refractivity contribution in [3.05, 3.63) is 42.7 Å². The van der Waals surface area contributed by atoms with Gasteiger partial charge in [-0.3, -0.25) is 0 Å². The van der Waals surface area contributed by atoms with Gasteiger partial charge in [0.1, 0.15) is 16.7 Å². The van der Waals surface area contributed by atoms with Gasteiger partial charge in [0.25, 0.3) is 0 Å². The number of aromatic amines is 1. The fraction of sp³-hybridized carbons (Fsp3) is 0.0714. The molecule has 3 heterocycles. The molecule has 6 heteroatoms. The molecule has 20 heavy (non-hydrogen) atoms. The van der Waals surface area contributed by atoms with E-state index in [2.05, 4.69) is 50.8 Å². The fourth-order valence-electron chi connectivity index (χ4n) is 2.29. The van der Waals surface area contributed by atoms with Crippen LogP contribution in [0.1, 0.15) is 0 Å². The van der Waals surface area contributed by atoms with E-state index in [-0.39, 0.29) is 0 Å². The van der Waals surface area contributed by atoms with Gasteiger partial charge in [-0.05, 0) is 24.5 Å². The first-order valence-corrected chi connectivity index (χ1v) is 7.41. The van der Waals surface area contributed by atoms with E-state index >= 15 is 0 Å². The summed E-state index contributed by atoms with van der Waals surface area (Å²) < 4.78 is 1.82. The molecule has 5 nitrogen and oxygen atoms in total. The monoisotopic (exact) mass is 281 g/mol. The second-order valence-electron chi connectivity index (χ2n) is 4.43. The molecular formula is C14H11N5S. The molecule has 0 unspecified atom stereocenters. The molecule has 0 bridgehead atoms. The van der Waals surface area contributed by atoms with Gasteiger partial charge in [-0.15, -0.1) is 16.9 Å². The van der Waals surface area contributed by atoms with Crippen molar-refractivity contribution < 1.29 is 0 Å². The van der Waals surface area contributed by atoms with Crippen molar-refractivity contribution in [3.63, 3.8) is 0 Å². The molecule has 4 aromatic rings. The van der Waals surface area contributed by atoms with Crippen LogP contribution in [0.25, 0.3) is 27.9 Å². The molecule has 4 rings (SSSR count). The normalized spacial score (nSPS) is 11.4. The summed E-state index contributed by atoms with van der Waals surface area (Å²) in [7, 11) is 0. The molecule has 3 aromatic heterocycles. The number of hydrogen-bond donors (Lipinski definition) is 1. The molecule has 1 N–H and O–H groups in total. The van der Waals surface area contributed by atoms with Gasteiger partial charge >= 0.3 is 0 Å². The van der Waals surface area contributed by atoms with Crippen LogP contribution in [-0.2, 0) is 0 Å². The summed E-state index contributed by atoms with van der Waals surface area (Å²) in [6, 6.07) is 10.3. The third kappa shape index (κ3) is 1.61.